The zero-order valence-electron chi connectivity index (χ0n) is 16.2. The minimum Gasteiger partial charge on any atom is -0.454 e. The van der Waals surface area contributed by atoms with E-state index in [0.717, 1.165) is 6.42 Å². The van der Waals surface area contributed by atoms with E-state index >= 15 is 0 Å². The molecule has 0 unspecified atom stereocenters. The number of esters is 1. The van der Waals surface area contributed by atoms with Gasteiger partial charge in [0.1, 0.15) is 6.04 Å². The third-order valence-corrected chi connectivity index (χ3v) is 6.60. The number of nitrogens with zero attached hydrogens (tertiary/aromatic N) is 1. The van der Waals surface area contributed by atoms with Gasteiger partial charge in [-0.15, -0.1) is 11.8 Å². The lowest BCUT2D eigenvalue weighted by Gasteiger charge is -2.29. The summed E-state index contributed by atoms with van der Waals surface area (Å²) in [5.41, 5.74) is 1.87. The van der Waals surface area contributed by atoms with Gasteiger partial charge in [-0.05, 0) is 36.5 Å². The maximum Gasteiger partial charge on any atom is 0.330 e. The number of hydrogen-bond donors (Lipinski definition) is 1. The van der Waals surface area contributed by atoms with Crippen LogP contribution in [-0.2, 0) is 24.5 Å². The van der Waals surface area contributed by atoms with E-state index in [1.807, 2.05) is 31.2 Å². The van der Waals surface area contributed by atoms with Crippen LogP contribution in [0.5, 0.6) is 0 Å². The summed E-state index contributed by atoms with van der Waals surface area (Å²) in [5.74, 6) is -0.419. The number of amides is 2. The lowest BCUT2D eigenvalue weighted by Crippen LogP contribution is -2.47. The van der Waals surface area contributed by atoms with Crippen molar-refractivity contribution in [1.29, 1.82) is 0 Å². The summed E-state index contributed by atoms with van der Waals surface area (Å²) in [7, 11) is 0. The third-order valence-electron chi connectivity index (χ3n) is 5.10. The Morgan fingerprint density at radius 2 is 1.96 bits per heavy atom. The van der Waals surface area contributed by atoms with Crippen LogP contribution < -0.4 is 5.32 Å². The van der Waals surface area contributed by atoms with Gasteiger partial charge in [-0.1, -0.05) is 32.9 Å². The summed E-state index contributed by atoms with van der Waals surface area (Å²) >= 11 is 1.60. The van der Waals surface area contributed by atoms with Gasteiger partial charge in [-0.2, -0.15) is 0 Å². The molecule has 0 aromatic heterocycles. The van der Waals surface area contributed by atoms with E-state index in [4.69, 9.17) is 4.74 Å². The summed E-state index contributed by atoms with van der Waals surface area (Å²) in [4.78, 5) is 37.9. The molecule has 2 aliphatic heterocycles. The molecule has 7 heteroatoms. The number of carbonyl (C=O) groups is 3. The maximum atomic E-state index is 12.4. The Morgan fingerprint density at radius 3 is 2.59 bits per heavy atom. The molecule has 0 radical (unpaired) electrons. The minimum absolute atomic E-state index is 0.0205. The highest BCUT2D eigenvalue weighted by atomic mass is 32.2. The fraction of sp³-hybridized carbons (Fsp3) is 0.550. The fourth-order valence-electron chi connectivity index (χ4n) is 3.48. The molecule has 2 heterocycles. The summed E-state index contributed by atoms with van der Waals surface area (Å²) in [6.07, 6.45) is 1.20. The molecule has 1 aromatic carbocycles. The van der Waals surface area contributed by atoms with Crippen LogP contribution in [0.4, 0.5) is 5.69 Å². The van der Waals surface area contributed by atoms with Gasteiger partial charge in [0.05, 0.1) is 4.87 Å². The van der Waals surface area contributed by atoms with Crippen molar-refractivity contribution in [2.45, 2.75) is 56.9 Å². The Hall–Kier alpha value is -2.02. The number of nitrogens with one attached hydrogen (secondary N) is 1. The quantitative estimate of drug-likeness (QED) is 0.800. The van der Waals surface area contributed by atoms with Gasteiger partial charge in [0.2, 0.25) is 5.91 Å². The van der Waals surface area contributed by atoms with Crippen molar-refractivity contribution in [1.82, 2.24) is 4.90 Å². The van der Waals surface area contributed by atoms with Gasteiger partial charge in [0, 0.05) is 17.9 Å². The molecule has 0 bridgehead atoms. The molecule has 0 aliphatic carbocycles. The smallest absolute Gasteiger partial charge is 0.330 e. The Labute approximate surface area is 164 Å². The van der Waals surface area contributed by atoms with Crippen molar-refractivity contribution in [3.8, 4) is 0 Å². The second kappa shape index (κ2) is 7.19. The van der Waals surface area contributed by atoms with Crippen LogP contribution in [0.15, 0.2) is 24.3 Å². The van der Waals surface area contributed by atoms with Crippen molar-refractivity contribution < 1.29 is 19.1 Å². The number of thioether (sulfide) groups is 1. The van der Waals surface area contributed by atoms with Gasteiger partial charge in [0.25, 0.3) is 5.91 Å². The van der Waals surface area contributed by atoms with Crippen molar-refractivity contribution >= 4 is 35.2 Å². The largest absolute Gasteiger partial charge is 0.454 e. The number of ether oxygens (including phenoxy) is 1. The van der Waals surface area contributed by atoms with Crippen LogP contribution in [-0.4, -0.2) is 46.0 Å². The Kier molecular flexibility index (Phi) is 5.25. The van der Waals surface area contributed by atoms with Crippen molar-refractivity contribution in [3.63, 3.8) is 0 Å². The van der Waals surface area contributed by atoms with E-state index < -0.39 is 17.9 Å². The van der Waals surface area contributed by atoms with Gasteiger partial charge >= 0.3 is 5.97 Å². The Balaban J connectivity index is 1.52. The minimum atomic E-state index is -0.603. The summed E-state index contributed by atoms with van der Waals surface area (Å²) in [5, 5.41) is 2.73. The molecule has 2 fully saturated rings. The summed E-state index contributed by atoms with van der Waals surface area (Å²) < 4.78 is 5.18. The van der Waals surface area contributed by atoms with E-state index in [-0.39, 0.29) is 22.8 Å². The first-order valence-corrected chi connectivity index (χ1v) is 10.1. The normalized spacial score (nSPS) is 24.7. The van der Waals surface area contributed by atoms with E-state index in [1.54, 1.807) is 16.7 Å². The standard InChI is InChI=1S/C20H26N2O4S/c1-19(2,3)13-5-7-14(8-6-13)21-16(23)11-26-18(25)15-12-27-20(4)10-9-17(24)22(15)20/h5-8,15H,9-12H2,1-4H3,(H,21,23)/t15-,20+/m0/s1. The number of carbonyl (C=O) groups excluding carboxylic acids is 3. The first-order valence-electron chi connectivity index (χ1n) is 9.13. The van der Waals surface area contributed by atoms with Crippen LogP contribution in [0.3, 0.4) is 0 Å². The molecule has 2 aliphatic rings. The summed E-state index contributed by atoms with van der Waals surface area (Å²) in [6, 6.07) is 7.01. The van der Waals surface area contributed by atoms with Gasteiger partial charge in [-0.25, -0.2) is 4.79 Å². The van der Waals surface area contributed by atoms with Crippen LogP contribution in [0, 0.1) is 0 Å². The third kappa shape index (κ3) is 4.13. The number of fused-ring (bicyclic) bond motifs is 1. The highest BCUT2D eigenvalue weighted by molar-refractivity contribution is 8.01. The number of benzene rings is 1. The fourth-order valence-corrected chi connectivity index (χ4v) is 4.90. The zero-order valence-corrected chi connectivity index (χ0v) is 17.0. The van der Waals surface area contributed by atoms with E-state index in [0.29, 0.717) is 17.9 Å². The number of anilines is 1. The summed E-state index contributed by atoms with van der Waals surface area (Å²) in [6.45, 7) is 7.98. The predicted octanol–water partition coefficient (Wildman–Crippen LogP) is 2.92. The molecule has 0 saturated carbocycles. The van der Waals surface area contributed by atoms with Crippen LogP contribution in [0.1, 0.15) is 46.1 Å². The van der Waals surface area contributed by atoms with E-state index in [2.05, 4.69) is 26.1 Å². The second-order valence-corrected chi connectivity index (χ2v) is 9.75. The number of hydrogen-bond acceptors (Lipinski definition) is 5. The molecule has 2 amide bonds. The first-order chi connectivity index (χ1) is 12.6. The second-order valence-electron chi connectivity index (χ2n) is 8.25. The van der Waals surface area contributed by atoms with Crippen LogP contribution in [0.25, 0.3) is 0 Å². The average molecular weight is 391 g/mol. The molecule has 2 atom stereocenters. The molecular weight excluding hydrogens is 364 g/mol. The molecule has 146 valence electrons. The molecule has 27 heavy (non-hydrogen) atoms. The van der Waals surface area contributed by atoms with Gasteiger partial charge in [0.15, 0.2) is 6.61 Å². The van der Waals surface area contributed by atoms with Crippen molar-refractivity contribution in [3.05, 3.63) is 29.8 Å². The SMILES string of the molecule is CC(C)(C)c1ccc(NC(=O)COC(=O)[C@@H]2CS[C@]3(C)CCC(=O)N23)cc1. The Bertz CT molecular complexity index is 756. The highest BCUT2D eigenvalue weighted by Crippen LogP contribution is 2.47. The van der Waals surface area contributed by atoms with Crippen LogP contribution >= 0.6 is 11.8 Å². The molecule has 1 N–H and O–H groups in total. The monoisotopic (exact) mass is 390 g/mol. The molecule has 0 spiro atoms. The van der Waals surface area contributed by atoms with E-state index in [1.165, 1.54) is 5.56 Å². The molecular formula is C20H26N2O4S. The van der Waals surface area contributed by atoms with Crippen molar-refractivity contribution in [2.75, 3.05) is 17.7 Å². The maximum absolute atomic E-state index is 12.4. The predicted molar refractivity (Wildman–Crippen MR) is 105 cm³/mol. The van der Waals surface area contributed by atoms with Gasteiger partial charge in [-0.3, -0.25) is 9.59 Å². The zero-order chi connectivity index (χ0) is 19.8. The molecule has 2 saturated heterocycles. The topological polar surface area (TPSA) is 75.7 Å². The number of rotatable bonds is 4. The molecule has 6 nitrogen and oxygen atoms in total. The first kappa shape index (κ1) is 19.7. The van der Waals surface area contributed by atoms with E-state index in [9.17, 15) is 14.4 Å². The van der Waals surface area contributed by atoms with Crippen molar-refractivity contribution in [2.24, 2.45) is 0 Å². The molecule has 1 aromatic rings. The average Bonchev–Trinajstić information content (AvgIpc) is 3.09. The molecule has 3 rings (SSSR count). The Morgan fingerprint density at radius 1 is 1.30 bits per heavy atom. The van der Waals surface area contributed by atoms with Crippen LogP contribution in [0.2, 0.25) is 0 Å². The highest BCUT2D eigenvalue weighted by Gasteiger charge is 2.53. The van der Waals surface area contributed by atoms with Gasteiger partial charge < -0.3 is 15.0 Å². The lowest BCUT2D eigenvalue weighted by atomic mass is 9.87. The lowest BCUT2D eigenvalue weighted by molar-refractivity contribution is -0.155.